The van der Waals surface area contributed by atoms with Crippen LogP contribution in [0.25, 0.3) is 10.9 Å². The summed E-state index contributed by atoms with van der Waals surface area (Å²) in [5.74, 6) is -2.31. The highest BCUT2D eigenvalue weighted by molar-refractivity contribution is 5.94. The summed E-state index contributed by atoms with van der Waals surface area (Å²) in [5.41, 5.74) is -0.563. The molecule has 3 aromatic rings. The molecule has 4 rings (SSSR count). The molecule has 1 aliphatic carbocycles. The molecule has 168 valence electrons. The third kappa shape index (κ3) is 4.81. The maximum atomic E-state index is 13.8. The topological polar surface area (TPSA) is 54.0 Å². The van der Waals surface area contributed by atoms with Crippen molar-refractivity contribution < 1.29 is 26.7 Å². The van der Waals surface area contributed by atoms with Crippen LogP contribution in [-0.4, -0.2) is 23.0 Å². The molecule has 2 N–H and O–H groups in total. The fourth-order valence-corrected chi connectivity index (χ4v) is 3.98. The number of pyridine rings is 1. The second kappa shape index (κ2) is 8.72. The molecule has 2 aromatic carbocycles. The van der Waals surface area contributed by atoms with Gasteiger partial charge in [-0.15, -0.1) is 0 Å². The molecule has 1 amide bonds. The van der Waals surface area contributed by atoms with Gasteiger partial charge in [-0.25, -0.2) is 13.8 Å². The number of nitrogens with zero attached hydrogens (tertiary/aromatic N) is 1. The highest BCUT2D eigenvalue weighted by atomic mass is 19.4. The molecule has 0 saturated heterocycles. The predicted octanol–water partition coefficient (Wildman–Crippen LogP) is 5.68. The number of para-hydroxylation sites is 1. The smallest absolute Gasteiger partial charge is 0.382 e. The van der Waals surface area contributed by atoms with Gasteiger partial charge in [-0.1, -0.05) is 18.2 Å². The van der Waals surface area contributed by atoms with Crippen LogP contribution in [0.15, 0.2) is 48.5 Å². The monoisotopic (exact) mass is 449 g/mol. The van der Waals surface area contributed by atoms with Gasteiger partial charge in [0.1, 0.15) is 17.3 Å². The van der Waals surface area contributed by atoms with E-state index in [1.807, 2.05) is 0 Å². The Balaban J connectivity index is 1.42. The van der Waals surface area contributed by atoms with Crippen molar-refractivity contribution in [1.29, 1.82) is 0 Å². The van der Waals surface area contributed by atoms with Crippen molar-refractivity contribution in [3.8, 4) is 0 Å². The largest absolute Gasteiger partial charge is 0.433 e. The summed E-state index contributed by atoms with van der Waals surface area (Å²) in [6.07, 6.45) is -2.20. The normalized spacial score (nSPS) is 19.0. The fourth-order valence-electron chi connectivity index (χ4n) is 3.98. The Labute approximate surface area is 180 Å². The van der Waals surface area contributed by atoms with E-state index in [-0.39, 0.29) is 23.2 Å². The zero-order valence-electron chi connectivity index (χ0n) is 16.8. The van der Waals surface area contributed by atoms with Crippen LogP contribution < -0.4 is 10.6 Å². The van der Waals surface area contributed by atoms with Crippen molar-refractivity contribution in [2.75, 3.05) is 5.32 Å². The summed E-state index contributed by atoms with van der Waals surface area (Å²) >= 11 is 0. The van der Waals surface area contributed by atoms with Crippen molar-refractivity contribution in [3.63, 3.8) is 0 Å². The molecule has 0 bridgehead atoms. The molecule has 1 fully saturated rings. The SMILES string of the molecule is O=C(NC1CCC(Nc2cc(C(F)(F)F)nc3ccccc23)CC1)c1ccc(F)cc1F. The Hall–Kier alpha value is -3.23. The van der Waals surface area contributed by atoms with Crippen LogP contribution in [0.4, 0.5) is 27.6 Å². The van der Waals surface area contributed by atoms with Gasteiger partial charge in [0.15, 0.2) is 0 Å². The minimum Gasteiger partial charge on any atom is -0.382 e. The Morgan fingerprint density at radius 2 is 1.62 bits per heavy atom. The average Bonchev–Trinajstić information content (AvgIpc) is 2.74. The zero-order chi connectivity index (χ0) is 22.9. The summed E-state index contributed by atoms with van der Waals surface area (Å²) in [6, 6.07) is 10.1. The second-order valence-corrected chi connectivity index (χ2v) is 7.86. The van der Waals surface area contributed by atoms with Crippen molar-refractivity contribution in [1.82, 2.24) is 10.3 Å². The summed E-state index contributed by atoms with van der Waals surface area (Å²) in [4.78, 5) is 16.0. The number of anilines is 1. The Morgan fingerprint density at radius 1 is 0.938 bits per heavy atom. The number of carbonyl (C=O) groups is 1. The van der Waals surface area contributed by atoms with E-state index in [1.165, 1.54) is 6.07 Å². The van der Waals surface area contributed by atoms with E-state index in [9.17, 15) is 26.7 Å². The molecule has 0 atom stereocenters. The van der Waals surface area contributed by atoms with Crippen LogP contribution in [0.1, 0.15) is 41.7 Å². The molecule has 0 aliphatic heterocycles. The summed E-state index contributed by atoms with van der Waals surface area (Å²) < 4.78 is 66.6. The first-order chi connectivity index (χ1) is 15.2. The maximum absolute atomic E-state index is 13.8. The third-order valence-corrected chi connectivity index (χ3v) is 5.60. The van der Waals surface area contributed by atoms with Gasteiger partial charge in [-0.05, 0) is 49.9 Å². The molecule has 1 aromatic heterocycles. The van der Waals surface area contributed by atoms with Gasteiger partial charge >= 0.3 is 6.18 Å². The lowest BCUT2D eigenvalue weighted by Gasteiger charge is -2.30. The van der Waals surface area contributed by atoms with E-state index in [1.54, 1.807) is 18.2 Å². The van der Waals surface area contributed by atoms with Crippen LogP contribution in [0, 0.1) is 11.6 Å². The van der Waals surface area contributed by atoms with Gasteiger partial charge in [-0.2, -0.15) is 13.2 Å². The molecule has 9 heteroatoms. The number of hydrogen-bond donors (Lipinski definition) is 2. The van der Waals surface area contributed by atoms with Gasteiger partial charge in [-0.3, -0.25) is 4.79 Å². The average molecular weight is 449 g/mol. The molecule has 1 heterocycles. The molecule has 0 radical (unpaired) electrons. The predicted molar refractivity (Wildman–Crippen MR) is 110 cm³/mol. The van der Waals surface area contributed by atoms with Crippen molar-refractivity contribution in [3.05, 3.63) is 71.4 Å². The molecule has 1 aliphatic rings. The van der Waals surface area contributed by atoms with E-state index in [4.69, 9.17) is 0 Å². The lowest BCUT2D eigenvalue weighted by molar-refractivity contribution is -0.140. The van der Waals surface area contributed by atoms with Crippen molar-refractivity contribution >= 4 is 22.5 Å². The molecule has 32 heavy (non-hydrogen) atoms. The van der Waals surface area contributed by atoms with Crippen molar-refractivity contribution in [2.24, 2.45) is 0 Å². The minimum atomic E-state index is -4.56. The first-order valence-corrected chi connectivity index (χ1v) is 10.2. The van der Waals surface area contributed by atoms with Gasteiger partial charge in [0.2, 0.25) is 0 Å². The molecular weight excluding hydrogens is 429 g/mol. The molecule has 0 spiro atoms. The van der Waals surface area contributed by atoms with Gasteiger partial charge in [0, 0.05) is 29.2 Å². The minimum absolute atomic E-state index is 0.0856. The third-order valence-electron chi connectivity index (χ3n) is 5.60. The summed E-state index contributed by atoms with van der Waals surface area (Å²) in [7, 11) is 0. The van der Waals surface area contributed by atoms with Crippen LogP contribution in [0.3, 0.4) is 0 Å². The standard InChI is InChI=1S/C23H20F5N3O/c24-13-5-10-16(18(25)11-13)22(32)30-15-8-6-14(7-9-15)29-20-12-21(23(26,27)28)31-19-4-2-1-3-17(19)20/h1-5,10-12,14-15H,6-9H2,(H,29,31)(H,30,32). The van der Waals surface area contributed by atoms with Crippen LogP contribution in [-0.2, 0) is 6.18 Å². The Bertz CT molecular complexity index is 1140. The summed E-state index contributed by atoms with van der Waals surface area (Å²) in [6.45, 7) is 0. The Morgan fingerprint density at radius 3 is 2.31 bits per heavy atom. The highest BCUT2D eigenvalue weighted by Gasteiger charge is 2.34. The quantitative estimate of drug-likeness (QED) is 0.504. The number of rotatable bonds is 4. The first-order valence-electron chi connectivity index (χ1n) is 10.2. The summed E-state index contributed by atoms with van der Waals surface area (Å²) in [5, 5.41) is 6.55. The Kier molecular flexibility index (Phi) is 5.99. The molecule has 4 nitrogen and oxygen atoms in total. The number of hydrogen-bond acceptors (Lipinski definition) is 3. The van der Waals surface area contributed by atoms with E-state index in [2.05, 4.69) is 15.6 Å². The second-order valence-electron chi connectivity index (χ2n) is 7.86. The van der Waals surface area contributed by atoms with Gasteiger partial charge < -0.3 is 10.6 Å². The lowest BCUT2D eigenvalue weighted by atomic mass is 9.90. The number of alkyl halides is 3. The van der Waals surface area contributed by atoms with E-state index in [0.29, 0.717) is 42.8 Å². The fraction of sp³-hybridized carbons (Fsp3) is 0.304. The van der Waals surface area contributed by atoms with Crippen LogP contribution in [0.2, 0.25) is 0 Å². The number of fused-ring (bicyclic) bond motifs is 1. The molecule has 0 unspecified atom stereocenters. The molecular formula is C23H20F5N3O. The lowest BCUT2D eigenvalue weighted by Crippen LogP contribution is -2.40. The van der Waals surface area contributed by atoms with E-state index >= 15 is 0 Å². The van der Waals surface area contributed by atoms with E-state index < -0.39 is 29.4 Å². The molecule has 1 saturated carbocycles. The van der Waals surface area contributed by atoms with Crippen LogP contribution in [0.5, 0.6) is 0 Å². The number of aromatic nitrogens is 1. The number of halogens is 5. The number of benzene rings is 2. The van der Waals surface area contributed by atoms with Gasteiger partial charge in [0.05, 0.1) is 11.1 Å². The first kappa shape index (κ1) is 22.0. The van der Waals surface area contributed by atoms with Crippen LogP contribution >= 0.6 is 0 Å². The number of nitrogens with one attached hydrogen (secondary N) is 2. The zero-order valence-corrected chi connectivity index (χ0v) is 16.8. The maximum Gasteiger partial charge on any atom is 0.433 e. The van der Waals surface area contributed by atoms with Crippen molar-refractivity contribution in [2.45, 2.75) is 43.9 Å². The number of amides is 1. The van der Waals surface area contributed by atoms with E-state index in [0.717, 1.165) is 18.2 Å². The van der Waals surface area contributed by atoms with Gasteiger partial charge in [0.25, 0.3) is 5.91 Å². The highest BCUT2D eigenvalue weighted by Crippen LogP contribution is 2.34. The number of carbonyl (C=O) groups excluding carboxylic acids is 1.